The topological polar surface area (TPSA) is 51.6 Å². The van der Waals surface area contributed by atoms with E-state index in [0.29, 0.717) is 0 Å². The van der Waals surface area contributed by atoms with Gasteiger partial charge in [-0.15, -0.1) is 0 Å². The number of aromatic nitrogens is 1. The summed E-state index contributed by atoms with van der Waals surface area (Å²) >= 11 is 0. The van der Waals surface area contributed by atoms with Crippen LogP contribution in [0.25, 0.3) is 6.08 Å². The summed E-state index contributed by atoms with van der Waals surface area (Å²) in [6.07, 6.45) is 3.52. The molecular formula is C14H20BNO3. The third-order valence-corrected chi connectivity index (χ3v) is 3.72. The molecule has 1 N–H and O–H groups in total. The molecule has 0 unspecified atom stereocenters. The van der Waals surface area contributed by atoms with Crippen LogP contribution in [0.2, 0.25) is 0 Å². The number of hydrogen-bond acceptors (Lipinski definition) is 4. The Kier molecular flexibility index (Phi) is 3.81. The maximum Gasteiger partial charge on any atom is 0.487 e. The van der Waals surface area contributed by atoms with Crippen molar-refractivity contribution in [1.82, 2.24) is 4.98 Å². The van der Waals surface area contributed by atoms with Gasteiger partial charge in [0.15, 0.2) is 0 Å². The van der Waals surface area contributed by atoms with Gasteiger partial charge in [-0.05, 0) is 51.5 Å². The van der Waals surface area contributed by atoms with Gasteiger partial charge in [-0.1, -0.05) is 5.98 Å². The molecule has 0 bridgehead atoms. The maximum atomic E-state index is 9.08. The smallest absolute Gasteiger partial charge is 0.400 e. The predicted octanol–water partition coefficient (Wildman–Crippen LogP) is 2.22. The molecule has 1 aromatic heterocycles. The Bertz CT molecular complexity index is 469. The van der Waals surface area contributed by atoms with Crippen LogP contribution >= 0.6 is 0 Å². The Morgan fingerprint density at radius 2 is 1.89 bits per heavy atom. The lowest BCUT2D eigenvalue weighted by atomic mass is 9.89. The molecule has 0 atom stereocenters. The summed E-state index contributed by atoms with van der Waals surface area (Å²) in [7, 11) is -0.371. The van der Waals surface area contributed by atoms with Crippen LogP contribution in [0.15, 0.2) is 24.3 Å². The third kappa shape index (κ3) is 3.05. The van der Waals surface area contributed by atoms with Crippen molar-refractivity contribution >= 4 is 13.2 Å². The summed E-state index contributed by atoms with van der Waals surface area (Å²) in [5.74, 6) is 1.85. The molecule has 5 heteroatoms. The number of pyridine rings is 1. The Morgan fingerprint density at radius 3 is 2.47 bits per heavy atom. The van der Waals surface area contributed by atoms with E-state index in [4.69, 9.17) is 14.4 Å². The molecule has 2 rings (SSSR count). The molecule has 102 valence electrons. The first kappa shape index (κ1) is 14.2. The third-order valence-electron chi connectivity index (χ3n) is 3.72. The summed E-state index contributed by atoms with van der Waals surface area (Å²) in [4.78, 5) is 4.21. The molecular weight excluding hydrogens is 241 g/mol. The van der Waals surface area contributed by atoms with E-state index in [0.717, 1.165) is 11.3 Å². The predicted molar refractivity (Wildman–Crippen MR) is 75.3 cm³/mol. The first-order valence-corrected chi connectivity index (χ1v) is 6.44. The van der Waals surface area contributed by atoms with Gasteiger partial charge in [0.2, 0.25) is 0 Å². The van der Waals surface area contributed by atoms with E-state index >= 15 is 0 Å². The molecule has 0 aromatic carbocycles. The largest absolute Gasteiger partial charge is 0.487 e. The number of nitrogens with zero attached hydrogens (tertiary/aromatic N) is 1. The normalized spacial score (nSPS) is 21.2. The molecule has 0 spiro atoms. The highest BCUT2D eigenvalue weighted by molar-refractivity contribution is 6.52. The zero-order valence-corrected chi connectivity index (χ0v) is 11.9. The summed E-state index contributed by atoms with van der Waals surface area (Å²) in [5.41, 5.74) is 0.954. The zero-order chi connectivity index (χ0) is 14.1. The Balaban J connectivity index is 2.08. The minimum atomic E-state index is -0.371. The van der Waals surface area contributed by atoms with Gasteiger partial charge in [0.25, 0.3) is 0 Å². The average molecular weight is 261 g/mol. The van der Waals surface area contributed by atoms with Crippen molar-refractivity contribution < 1.29 is 14.4 Å². The van der Waals surface area contributed by atoms with Gasteiger partial charge in [0, 0.05) is 6.20 Å². The van der Waals surface area contributed by atoms with E-state index in [2.05, 4.69) is 4.98 Å². The highest BCUT2D eigenvalue weighted by Crippen LogP contribution is 2.36. The van der Waals surface area contributed by atoms with E-state index in [9.17, 15) is 0 Å². The molecule has 0 saturated carbocycles. The summed E-state index contributed by atoms with van der Waals surface area (Å²) in [6.45, 7) is 8.09. The fourth-order valence-electron chi connectivity index (χ4n) is 1.83. The molecule has 1 aliphatic rings. The molecule has 2 heterocycles. The van der Waals surface area contributed by atoms with Crippen LogP contribution in [-0.4, -0.2) is 28.4 Å². The van der Waals surface area contributed by atoms with Gasteiger partial charge < -0.3 is 14.4 Å². The summed E-state index contributed by atoms with van der Waals surface area (Å²) in [6, 6.07) is 3.62. The molecule has 4 nitrogen and oxygen atoms in total. The van der Waals surface area contributed by atoms with Gasteiger partial charge in [-0.25, -0.2) is 0 Å². The van der Waals surface area contributed by atoms with Crippen molar-refractivity contribution in [3.63, 3.8) is 0 Å². The van der Waals surface area contributed by atoms with Crippen molar-refractivity contribution in [1.29, 1.82) is 0 Å². The second-order valence-electron chi connectivity index (χ2n) is 5.73. The van der Waals surface area contributed by atoms with E-state index < -0.39 is 0 Å². The Hall–Kier alpha value is -1.17. The maximum absolute atomic E-state index is 9.08. The fraction of sp³-hybridized carbons (Fsp3) is 0.500. The summed E-state index contributed by atoms with van der Waals surface area (Å²) in [5, 5.41) is 9.08. The lowest BCUT2D eigenvalue weighted by molar-refractivity contribution is 0.00578. The highest BCUT2D eigenvalue weighted by atomic mass is 16.7. The molecule has 1 aromatic rings. The first-order chi connectivity index (χ1) is 8.84. The second-order valence-corrected chi connectivity index (χ2v) is 5.73. The van der Waals surface area contributed by atoms with Gasteiger partial charge in [0.1, 0.15) is 0 Å². The molecule has 1 saturated heterocycles. The van der Waals surface area contributed by atoms with Crippen LogP contribution in [0.1, 0.15) is 39.0 Å². The van der Waals surface area contributed by atoms with Gasteiger partial charge in [-0.2, -0.15) is 0 Å². The Labute approximate surface area is 114 Å². The van der Waals surface area contributed by atoms with E-state index in [1.165, 1.54) is 0 Å². The van der Waals surface area contributed by atoms with Crippen LogP contribution in [0, 0.1) is 0 Å². The fourth-order valence-corrected chi connectivity index (χ4v) is 1.83. The minimum absolute atomic E-state index is 0.0137. The van der Waals surface area contributed by atoms with Crippen molar-refractivity contribution in [3.05, 3.63) is 35.6 Å². The van der Waals surface area contributed by atoms with Crippen molar-refractivity contribution in [2.75, 3.05) is 0 Å². The highest BCUT2D eigenvalue weighted by Gasteiger charge is 2.49. The molecule has 1 aliphatic heterocycles. The van der Waals surface area contributed by atoms with E-state index in [-0.39, 0.29) is 24.9 Å². The second kappa shape index (κ2) is 5.08. The van der Waals surface area contributed by atoms with E-state index in [1.807, 2.05) is 45.8 Å². The Morgan fingerprint density at radius 1 is 1.26 bits per heavy atom. The van der Waals surface area contributed by atoms with Crippen LogP contribution in [-0.2, 0) is 15.9 Å². The molecule has 0 aliphatic carbocycles. The van der Waals surface area contributed by atoms with Crippen molar-refractivity contribution in [3.8, 4) is 0 Å². The zero-order valence-electron chi connectivity index (χ0n) is 11.9. The SMILES string of the molecule is CC1(C)OB(/C=C/c2cc(CO)ccn2)OC1(C)C. The molecule has 1 fully saturated rings. The van der Waals surface area contributed by atoms with Crippen LogP contribution in [0.4, 0.5) is 0 Å². The number of rotatable bonds is 3. The molecule has 0 radical (unpaired) electrons. The lowest BCUT2D eigenvalue weighted by Gasteiger charge is -2.32. The summed E-state index contributed by atoms with van der Waals surface area (Å²) < 4.78 is 11.7. The van der Waals surface area contributed by atoms with Gasteiger partial charge in [-0.3, -0.25) is 4.98 Å². The van der Waals surface area contributed by atoms with Gasteiger partial charge >= 0.3 is 7.12 Å². The van der Waals surface area contributed by atoms with E-state index in [1.54, 1.807) is 12.3 Å². The van der Waals surface area contributed by atoms with Gasteiger partial charge in [0.05, 0.1) is 23.5 Å². The molecule has 0 amide bonds. The lowest BCUT2D eigenvalue weighted by Crippen LogP contribution is -2.41. The minimum Gasteiger partial charge on any atom is -0.400 e. The van der Waals surface area contributed by atoms with Crippen LogP contribution in [0.3, 0.4) is 0 Å². The number of hydrogen-bond donors (Lipinski definition) is 1. The average Bonchev–Trinajstić information content (AvgIpc) is 2.56. The monoisotopic (exact) mass is 261 g/mol. The van der Waals surface area contributed by atoms with Crippen LogP contribution in [0.5, 0.6) is 0 Å². The number of aliphatic hydroxyl groups excluding tert-OH is 1. The van der Waals surface area contributed by atoms with Crippen molar-refractivity contribution in [2.45, 2.75) is 45.5 Å². The van der Waals surface area contributed by atoms with Crippen LogP contribution < -0.4 is 0 Å². The first-order valence-electron chi connectivity index (χ1n) is 6.44. The van der Waals surface area contributed by atoms with Crippen molar-refractivity contribution in [2.24, 2.45) is 0 Å². The standard InChI is InChI=1S/C14H20BNO3/c1-13(2)14(3,4)19-15(18-13)7-5-12-9-11(10-17)6-8-16-12/h5-9,17H,10H2,1-4H3/b7-5+. The molecule has 19 heavy (non-hydrogen) atoms. The quantitative estimate of drug-likeness (QED) is 0.847. The number of aliphatic hydroxyl groups is 1.